The number of anilines is 1. The number of para-hydroxylation sites is 2. The van der Waals surface area contributed by atoms with Gasteiger partial charge in [0.2, 0.25) is 15.9 Å². The van der Waals surface area contributed by atoms with E-state index in [1.165, 1.54) is 7.05 Å². The molecule has 1 aliphatic rings. The Morgan fingerprint density at radius 3 is 2.60 bits per heavy atom. The van der Waals surface area contributed by atoms with Gasteiger partial charge in [0, 0.05) is 6.42 Å². The van der Waals surface area contributed by atoms with Crippen LogP contribution in [0.2, 0.25) is 0 Å². The highest BCUT2D eigenvalue weighted by molar-refractivity contribution is 7.89. The van der Waals surface area contributed by atoms with Crippen molar-refractivity contribution in [2.45, 2.75) is 17.7 Å². The van der Waals surface area contributed by atoms with Crippen molar-refractivity contribution in [3.8, 4) is 5.75 Å². The molecule has 6 nitrogen and oxygen atoms in total. The van der Waals surface area contributed by atoms with Crippen LogP contribution in [0.15, 0.2) is 53.4 Å². The van der Waals surface area contributed by atoms with Crippen LogP contribution in [0.25, 0.3) is 0 Å². The first kappa shape index (κ1) is 17.4. The molecule has 0 saturated heterocycles. The number of hydrogen-bond acceptors (Lipinski definition) is 4. The van der Waals surface area contributed by atoms with Crippen LogP contribution in [0.5, 0.6) is 5.75 Å². The van der Waals surface area contributed by atoms with Crippen molar-refractivity contribution in [1.82, 2.24) is 4.72 Å². The number of hydrogen-bond donors (Lipinski definition) is 1. The summed E-state index contributed by atoms with van der Waals surface area (Å²) in [5.41, 5.74) is 1.72. The smallest absolute Gasteiger partial charge is 0.240 e. The molecule has 1 aliphatic heterocycles. The van der Waals surface area contributed by atoms with E-state index in [1.807, 2.05) is 24.3 Å². The molecular weight excluding hydrogens is 340 g/mol. The van der Waals surface area contributed by atoms with E-state index >= 15 is 0 Å². The largest absolute Gasteiger partial charge is 0.490 e. The number of carbonyl (C=O) groups is 1. The summed E-state index contributed by atoms with van der Waals surface area (Å²) in [7, 11) is -2.06. The summed E-state index contributed by atoms with van der Waals surface area (Å²) in [6.45, 7) is 1.02. The predicted octanol–water partition coefficient (Wildman–Crippen LogP) is 1.95. The molecule has 0 fully saturated rings. The fourth-order valence-electron chi connectivity index (χ4n) is 2.77. The molecule has 0 radical (unpaired) electrons. The Balaban J connectivity index is 1.65. The van der Waals surface area contributed by atoms with Crippen LogP contribution in [0.1, 0.15) is 12.0 Å². The van der Waals surface area contributed by atoms with Gasteiger partial charge in [-0.1, -0.05) is 24.3 Å². The van der Waals surface area contributed by atoms with E-state index in [4.69, 9.17) is 4.74 Å². The van der Waals surface area contributed by atoms with Crippen LogP contribution in [-0.4, -0.2) is 34.5 Å². The standard InChI is InChI=1S/C18H20N2O4S/c1-19-25(22,23)15-9-6-14(7-10-15)8-11-18(21)20-12-13-24-17-5-3-2-4-16(17)20/h2-7,9-10,19H,8,11-13H2,1H3. The second-order valence-corrected chi connectivity index (χ2v) is 7.60. The summed E-state index contributed by atoms with van der Waals surface area (Å²) in [5, 5.41) is 0. The van der Waals surface area contributed by atoms with Gasteiger partial charge in [-0.05, 0) is 43.3 Å². The summed E-state index contributed by atoms with van der Waals surface area (Å²) in [5.74, 6) is 0.756. The molecule has 1 heterocycles. The van der Waals surface area contributed by atoms with E-state index in [0.29, 0.717) is 26.0 Å². The molecule has 0 bridgehead atoms. The third-order valence-corrected chi connectivity index (χ3v) is 5.59. The third kappa shape index (κ3) is 3.83. The molecule has 2 aromatic carbocycles. The van der Waals surface area contributed by atoms with E-state index in [-0.39, 0.29) is 10.8 Å². The Bertz CT molecular complexity index is 863. The van der Waals surface area contributed by atoms with Gasteiger partial charge in [0.1, 0.15) is 12.4 Å². The van der Waals surface area contributed by atoms with E-state index in [0.717, 1.165) is 17.0 Å². The maximum Gasteiger partial charge on any atom is 0.240 e. The van der Waals surface area contributed by atoms with Gasteiger partial charge < -0.3 is 9.64 Å². The second kappa shape index (κ2) is 7.25. The predicted molar refractivity (Wildman–Crippen MR) is 95.3 cm³/mol. The summed E-state index contributed by atoms with van der Waals surface area (Å²) in [6.07, 6.45) is 0.907. The van der Waals surface area contributed by atoms with E-state index < -0.39 is 10.0 Å². The van der Waals surface area contributed by atoms with Gasteiger partial charge in [0.25, 0.3) is 0 Å². The first-order valence-electron chi connectivity index (χ1n) is 8.06. The lowest BCUT2D eigenvalue weighted by Gasteiger charge is -2.29. The SMILES string of the molecule is CNS(=O)(=O)c1ccc(CCC(=O)N2CCOc3ccccc32)cc1. The number of sulfonamides is 1. The van der Waals surface area contributed by atoms with Crippen molar-refractivity contribution in [2.75, 3.05) is 25.1 Å². The van der Waals surface area contributed by atoms with Crippen LogP contribution < -0.4 is 14.4 Å². The Labute approximate surface area is 147 Å². The Morgan fingerprint density at radius 1 is 1.16 bits per heavy atom. The quantitative estimate of drug-likeness (QED) is 0.884. The number of nitrogens with one attached hydrogen (secondary N) is 1. The maximum absolute atomic E-state index is 12.6. The lowest BCUT2D eigenvalue weighted by atomic mass is 10.1. The van der Waals surface area contributed by atoms with Crippen LogP contribution in [0.3, 0.4) is 0 Å². The zero-order chi connectivity index (χ0) is 17.9. The first-order valence-corrected chi connectivity index (χ1v) is 9.54. The molecule has 0 unspecified atom stereocenters. The van der Waals surface area contributed by atoms with Gasteiger partial charge in [0.05, 0.1) is 17.1 Å². The Hall–Kier alpha value is -2.38. The van der Waals surface area contributed by atoms with Crippen molar-refractivity contribution in [1.29, 1.82) is 0 Å². The molecule has 0 aromatic heterocycles. The summed E-state index contributed by atoms with van der Waals surface area (Å²) in [6, 6.07) is 14.1. The molecule has 0 aliphatic carbocycles. The topological polar surface area (TPSA) is 75.7 Å². The number of fused-ring (bicyclic) bond motifs is 1. The van der Waals surface area contributed by atoms with E-state index in [2.05, 4.69) is 4.72 Å². The highest BCUT2D eigenvalue weighted by Gasteiger charge is 2.22. The monoisotopic (exact) mass is 360 g/mol. The van der Waals surface area contributed by atoms with Gasteiger partial charge >= 0.3 is 0 Å². The number of carbonyl (C=O) groups excluding carboxylic acids is 1. The Kier molecular flexibility index (Phi) is 5.06. The van der Waals surface area contributed by atoms with Crippen molar-refractivity contribution in [2.24, 2.45) is 0 Å². The fourth-order valence-corrected chi connectivity index (χ4v) is 3.50. The number of rotatable bonds is 5. The van der Waals surface area contributed by atoms with Crippen LogP contribution >= 0.6 is 0 Å². The normalized spacial score (nSPS) is 13.9. The highest BCUT2D eigenvalue weighted by Crippen LogP contribution is 2.31. The van der Waals surface area contributed by atoms with E-state index in [1.54, 1.807) is 29.2 Å². The van der Waals surface area contributed by atoms with Gasteiger partial charge in [-0.25, -0.2) is 13.1 Å². The zero-order valence-electron chi connectivity index (χ0n) is 13.9. The molecule has 0 saturated carbocycles. The summed E-state index contributed by atoms with van der Waals surface area (Å²) < 4.78 is 31.3. The lowest BCUT2D eigenvalue weighted by Crippen LogP contribution is -2.38. The minimum atomic E-state index is -3.44. The van der Waals surface area contributed by atoms with Crippen LogP contribution in [0, 0.1) is 0 Å². The zero-order valence-corrected chi connectivity index (χ0v) is 14.8. The van der Waals surface area contributed by atoms with Crippen molar-refractivity contribution < 1.29 is 17.9 Å². The van der Waals surface area contributed by atoms with Gasteiger partial charge in [0.15, 0.2) is 0 Å². The van der Waals surface area contributed by atoms with Crippen LogP contribution in [0.4, 0.5) is 5.69 Å². The number of amides is 1. The van der Waals surface area contributed by atoms with Crippen molar-refractivity contribution in [3.05, 3.63) is 54.1 Å². The number of nitrogens with zero attached hydrogens (tertiary/aromatic N) is 1. The summed E-state index contributed by atoms with van der Waals surface area (Å²) in [4.78, 5) is 14.5. The van der Waals surface area contributed by atoms with Crippen molar-refractivity contribution >= 4 is 21.6 Å². The molecule has 0 spiro atoms. The van der Waals surface area contributed by atoms with E-state index in [9.17, 15) is 13.2 Å². The minimum Gasteiger partial charge on any atom is -0.490 e. The highest BCUT2D eigenvalue weighted by atomic mass is 32.2. The van der Waals surface area contributed by atoms with Gasteiger partial charge in [-0.15, -0.1) is 0 Å². The number of benzene rings is 2. The third-order valence-electron chi connectivity index (χ3n) is 4.16. The molecule has 1 N–H and O–H groups in total. The molecule has 7 heteroatoms. The molecule has 1 amide bonds. The molecule has 3 rings (SSSR count). The number of aryl methyl sites for hydroxylation is 1. The first-order chi connectivity index (χ1) is 12.0. The average Bonchev–Trinajstić information content (AvgIpc) is 2.66. The van der Waals surface area contributed by atoms with Crippen molar-refractivity contribution in [3.63, 3.8) is 0 Å². The molecule has 25 heavy (non-hydrogen) atoms. The second-order valence-electron chi connectivity index (χ2n) is 5.71. The minimum absolute atomic E-state index is 0.0303. The average molecular weight is 360 g/mol. The van der Waals surface area contributed by atoms with Gasteiger partial charge in [-0.3, -0.25) is 4.79 Å². The van der Waals surface area contributed by atoms with Crippen LogP contribution in [-0.2, 0) is 21.2 Å². The molecule has 2 aromatic rings. The lowest BCUT2D eigenvalue weighted by molar-refractivity contribution is -0.118. The van der Waals surface area contributed by atoms with Gasteiger partial charge in [-0.2, -0.15) is 0 Å². The maximum atomic E-state index is 12.6. The molecular formula is C18H20N2O4S. The number of ether oxygens (including phenoxy) is 1. The molecule has 132 valence electrons. The Morgan fingerprint density at radius 2 is 1.88 bits per heavy atom. The fraction of sp³-hybridized carbons (Fsp3) is 0.278. The summed E-state index contributed by atoms with van der Waals surface area (Å²) >= 11 is 0. The molecule has 0 atom stereocenters.